The number of hydrogen-bond donors (Lipinski definition) is 1. The van der Waals surface area contributed by atoms with Gasteiger partial charge in [-0.05, 0) is 49.2 Å². The fourth-order valence-corrected chi connectivity index (χ4v) is 2.57. The van der Waals surface area contributed by atoms with Crippen molar-refractivity contribution < 1.29 is 0 Å². The Labute approximate surface area is 123 Å². The summed E-state index contributed by atoms with van der Waals surface area (Å²) in [5.74, 6) is 1.24. The molecule has 0 fully saturated rings. The Morgan fingerprint density at radius 1 is 1.11 bits per heavy atom. The highest BCUT2D eigenvalue weighted by atomic mass is 32.2. The van der Waals surface area contributed by atoms with E-state index in [2.05, 4.69) is 54.6 Å². The molecule has 0 unspecified atom stereocenters. The minimum atomic E-state index is 0.992. The molecule has 1 rings (SSSR count). The Balaban J connectivity index is 2.48. The molecule has 0 aliphatic heterocycles. The average molecular weight is 280 g/mol. The van der Waals surface area contributed by atoms with Crippen LogP contribution in [0.25, 0.3) is 0 Å². The van der Waals surface area contributed by atoms with E-state index in [9.17, 15) is 0 Å². The minimum Gasteiger partial charge on any atom is -0.313 e. The zero-order valence-electron chi connectivity index (χ0n) is 12.6. The molecule has 0 aliphatic rings. The fraction of sp³-hybridized carbons (Fsp3) is 0.625. The molecular formula is C16H28N2S. The molecule has 1 aromatic carbocycles. The molecule has 1 N–H and O–H groups in total. The molecule has 0 aliphatic carbocycles. The molecule has 108 valence electrons. The van der Waals surface area contributed by atoms with E-state index < -0.39 is 0 Å². The van der Waals surface area contributed by atoms with Crippen molar-refractivity contribution in [2.24, 2.45) is 0 Å². The Hall–Kier alpha value is -0.510. The monoisotopic (exact) mass is 280 g/mol. The molecule has 0 spiro atoms. The van der Waals surface area contributed by atoms with Gasteiger partial charge >= 0.3 is 0 Å². The molecule has 2 nitrogen and oxygen atoms in total. The number of rotatable bonds is 10. The number of nitrogens with one attached hydrogen (secondary N) is 1. The third-order valence-corrected chi connectivity index (χ3v) is 4.12. The predicted octanol–water partition coefficient (Wildman–Crippen LogP) is 3.37. The van der Waals surface area contributed by atoms with Gasteiger partial charge in [0.15, 0.2) is 0 Å². The highest BCUT2D eigenvalue weighted by Gasteiger charge is 2.05. The van der Waals surface area contributed by atoms with Crippen LogP contribution in [0.15, 0.2) is 24.3 Å². The number of hydrogen-bond acceptors (Lipinski definition) is 3. The van der Waals surface area contributed by atoms with Crippen molar-refractivity contribution >= 4 is 11.8 Å². The van der Waals surface area contributed by atoms with Crippen LogP contribution in [0.2, 0.25) is 0 Å². The lowest BCUT2D eigenvalue weighted by Crippen LogP contribution is -2.24. The van der Waals surface area contributed by atoms with Gasteiger partial charge in [0.05, 0.1) is 0 Å². The number of thioether (sulfide) groups is 1. The standard InChI is InChI=1S/C16H28N2S/c1-4-18(5-2)14-16-10-7-6-9-15(16)13-17-11-8-12-19-3/h6-7,9-10,17H,4-5,8,11-14H2,1-3H3. The van der Waals surface area contributed by atoms with Crippen molar-refractivity contribution in [2.45, 2.75) is 33.4 Å². The van der Waals surface area contributed by atoms with Crippen molar-refractivity contribution in [3.05, 3.63) is 35.4 Å². The van der Waals surface area contributed by atoms with E-state index in [1.165, 1.54) is 23.3 Å². The van der Waals surface area contributed by atoms with E-state index in [-0.39, 0.29) is 0 Å². The van der Waals surface area contributed by atoms with Crippen LogP contribution in [0, 0.1) is 0 Å². The second kappa shape index (κ2) is 10.3. The van der Waals surface area contributed by atoms with Gasteiger partial charge in [-0.1, -0.05) is 38.1 Å². The SMILES string of the molecule is CCN(CC)Cc1ccccc1CNCCCSC. The van der Waals surface area contributed by atoms with Crippen molar-refractivity contribution in [1.82, 2.24) is 10.2 Å². The first-order valence-corrected chi connectivity index (χ1v) is 8.70. The lowest BCUT2D eigenvalue weighted by Gasteiger charge is -2.20. The lowest BCUT2D eigenvalue weighted by atomic mass is 10.1. The van der Waals surface area contributed by atoms with E-state index in [1.807, 2.05) is 11.8 Å². The van der Waals surface area contributed by atoms with Crippen LogP contribution >= 0.6 is 11.8 Å². The maximum atomic E-state index is 3.55. The second-order valence-corrected chi connectivity index (χ2v) is 5.74. The summed E-state index contributed by atoms with van der Waals surface area (Å²) in [7, 11) is 0. The third-order valence-electron chi connectivity index (χ3n) is 3.42. The van der Waals surface area contributed by atoms with E-state index >= 15 is 0 Å². The maximum Gasteiger partial charge on any atom is 0.0236 e. The van der Waals surface area contributed by atoms with E-state index in [0.717, 1.165) is 32.7 Å². The molecule has 0 heterocycles. The van der Waals surface area contributed by atoms with Crippen molar-refractivity contribution in [2.75, 3.05) is 31.6 Å². The summed E-state index contributed by atoms with van der Waals surface area (Å²) >= 11 is 1.92. The number of benzene rings is 1. The van der Waals surface area contributed by atoms with Gasteiger partial charge in [-0.15, -0.1) is 0 Å². The average Bonchev–Trinajstić information content (AvgIpc) is 2.45. The van der Waals surface area contributed by atoms with Gasteiger partial charge in [0.2, 0.25) is 0 Å². The summed E-state index contributed by atoms with van der Waals surface area (Å²) in [6.45, 7) is 9.86. The van der Waals surface area contributed by atoms with Gasteiger partial charge in [-0.25, -0.2) is 0 Å². The Bertz CT molecular complexity index is 337. The van der Waals surface area contributed by atoms with Crippen molar-refractivity contribution in [3.8, 4) is 0 Å². The predicted molar refractivity (Wildman–Crippen MR) is 87.8 cm³/mol. The molecule has 0 amide bonds. The minimum absolute atomic E-state index is 0.992. The van der Waals surface area contributed by atoms with E-state index in [1.54, 1.807) is 0 Å². The van der Waals surface area contributed by atoms with E-state index in [4.69, 9.17) is 0 Å². The van der Waals surface area contributed by atoms with Crippen LogP contribution in [0.1, 0.15) is 31.4 Å². The number of nitrogens with zero attached hydrogens (tertiary/aromatic N) is 1. The molecule has 1 aromatic rings. The molecule has 0 atom stereocenters. The second-order valence-electron chi connectivity index (χ2n) is 4.75. The van der Waals surface area contributed by atoms with Crippen LogP contribution in [-0.4, -0.2) is 36.5 Å². The molecule has 3 heteroatoms. The highest BCUT2D eigenvalue weighted by molar-refractivity contribution is 7.98. The molecule has 0 saturated heterocycles. The van der Waals surface area contributed by atoms with Crippen LogP contribution in [-0.2, 0) is 13.1 Å². The van der Waals surface area contributed by atoms with Gasteiger partial charge in [-0.2, -0.15) is 11.8 Å². The van der Waals surface area contributed by atoms with Gasteiger partial charge in [-0.3, -0.25) is 4.90 Å². The summed E-state index contributed by atoms with van der Waals surface area (Å²) in [6, 6.07) is 8.80. The normalized spacial score (nSPS) is 11.2. The summed E-state index contributed by atoms with van der Waals surface area (Å²) in [4.78, 5) is 2.46. The Kier molecular flexibility index (Phi) is 8.97. The summed E-state index contributed by atoms with van der Waals surface area (Å²) < 4.78 is 0. The molecule has 0 aromatic heterocycles. The largest absolute Gasteiger partial charge is 0.313 e. The molecule has 19 heavy (non-hydrogen) atoms. The summed E-state index contributed by atoms with van der Waals surface area (Å²) in [6.07, 6.45) is 3.42. The van der Waals surface area contributed by atoms with Crippen molar-refractivity contribution in [1.29, 1.82) is 0 Å². The van der Waals surface area contributed by atoms with Gasteiger partial charge in [0, 0.05) is 13.1 Å². The van der Waals surface area contributed by atoms with Gasteiger partial charge in [0.25, 0.3) is 0 Å². The van der Waals surface area contributed by atoms with Crippen molar-refractivity contribution in [3.63, 3.8) is 0 Å². The highest BCUT2D eigenvalue weighted by Crippen LogP contribution is 2.11. The van der Waals surface area contributed by atoms with Crippen LogP contribution in [0.3, 0.4) is 0 Å². The maximum absolute atomic E-state index is 3.55. The van der Waals surface area contributed by atoms with Gasteiger partial charge < -0.3 is 5.32 Å². The molecule has 0 bridgehead atoms. The first kappa shape index (κ1) is 16.5. The Morgan fingerprint density at radius 3 is 2.42 bits per heavy atom. The summed E-state index contributed by atoms with van der Waals surface area (Å²) in [5.41, 5.74) is 2.90. The first-order valence-electron chi connectivity index (χ1n) is 7.30. The zero-order chi connectivity index (χ0) is 13.9. The van der Waals surface area contributed by atoms with Crippen LogP contribution in [0.4, 0.5) is 0 Å². The Morgan fingerprint density at radius 2 is 1.79 bits per heavy atom. The topological polar surface area (TPSA) is 15.3 Å². The van der Waals surface area contributed by atoms with Gasteiger partial charge in [0.1, 0.15) is 0 Å². The zero-order valence-corrected chi connectivity index (χ0v) is 13.4. The molecule has 0 saturated carbocycles. The van der Waals surface area contributed by atoms with Crippen LogP contribution < -0.4 is 5.32 Å². The lowest BCUT2D eigenvalue weighted by molar-refractivity contribution is 0.295. The third kappa shape index (κ3) is 6.46. The first-order chi connectivity index (χ1) is 9.31. The summed E-state index contributed by atoms with van der Waals surface area (Å²) in [5, 5.41) is 3.55. The quantitative estimate of drug-likeness (QED) is 0.662. The molecule has 0 radical (unpaired) electrons. The van der Waals surface area contributed by atoms with E-state index in [0.29, 0.717) is 0 Å². The fourth-order valence-electron chi connectivity index (χ4n) is 2.14. The van der Waals surface area contributed by atoms with Crippen LogP contribution in [0.5, 0.6) is 0 Å². The smallest absolute Gasteiger partial charge is 0.0236 e. The molecular weight excluding hydrogens is 252 g/mol.